The SMILES string of the molecule is Nc1cc(C2CC2)nc(C2COc3ccccc3O2)n1. The Labute approximate surface area is 116 Å². The maximum Gasteiger partial charge on any atom is 0.192 e. The number of ether oxygens (including phenoxy) is 2. The molecule has 2 aromatic rings. The molecule has 1 aromatic heterocycles. The Balaban J connectivity index is 1.65. The standard InChI is InChI=1S/C15H15N3O2/c16-14-7-10(9-5-6-9)17-15(18-14)13-8-19-11-3-1-2-4-12(11)20-13/h1-4,7,9,13H,5-6,8H2,(H2,16,17,18). The van der Waals surface area contributed by atoms with E-state index < -0.39 is 0 Å². The second kappa shape index (κ2) is 4.37. The molecular formula is C15H15N3O2. The van der Waals surface area contributed by atoms with Gasteiger partial charge in [-0.05, 0) is 25.0 Å². The summed E-state index contributed by atoms with van der Waals surface area (Å²) in [6.07, 6.45) is 2.06. The monoisotopic (exact) mass is 269 g/mol. The number of rotatable bonds is 2. The number of benzene rings is 1. The molecule has 20 heavy (non-hydrogen) atoms. The number of hydrogen-bond donors (Lipinski definition) is 1. The van der Waals surface area contributed by atoms with Gasteiger partial charge in [-0.25, -0.2) is 9.97 Å². The van der Waals surface area contributed by atoms with Crippen LogP contribution in [-0.2, 0) is 0 Å². The first kappa shape index (κ1) is 11.5. The summed E-state index contributed by atoms with van der Waals surface area (Å²) in [5.74, 6) is 3.13. The van der Waals surface area contributed by atoms with Crippen molar-refractivity contribution in [2.24, 2.45) is 0 Å². The first-order valence-electron chi connectivity index (χ1n) is 6.82. The molecule has 102 valence electrons. The van der Waals surface area contributed by atoms with Crippen LogP contribution in [0.15, 0.2) is 30.3 Å². The molecule has 0 bridgehead atoms. The van der Waals surface area contributed by atoms with E-state index in [0.717, 1.165) is 17.2 Å². The van der Waals surface area contributed by atoms with Gasteiger partial charge >= 0.3 is 0 Å². The highest BCUT2D eigenvalue weighted by molar-refractivity contribution is 5.41. The van der Waals surface area contributed by atoms with E-state index in [1.807, 2.05) is 30.3 Å². The molecule has 1 unspecified atom stereocenters. The molecule has 1 aromatic carbocycles. The summed E-state index contributed by atoms with van der Waals surface area (Å²) in [6.45, 7) is 0.407. The smallest absolute Gasteiger partial charge is 0.192 e. The first-order valence-corrected chi connectivity index (χ1v) is 6.82. The average molecular weight is 269 g/mol. The Hall–Kier alpha value is -2.30. The number of nitrogens with two attached hydrogens (primary N) is 1. The van der Waals surface area contributed by atoms with Crippen LogP contribution in [0.3, 0.4) is 0 Å². The molecule has 0 saturated heterocycles. The van der Waals surface area contributed by atoms with Gasteiger partial charge in [-0.2, -0.15) is 0 Å². The molecule has 0 spiro atoms. The van der Waals surface area contributed by atoms with Crippen LogP contribution in [0.4, 0.5) is 5.82 Å². The number of nitrogen functional groups attached to an aromatic ring is 1. The summed E-state index contributed by atoms with van der Waals surface area (Å²) in [6, 6.07) is 9.47. The van der Waals surface area contributed by atoms with Crippen molar-refractivity contribution < 1.29 is 9.47 Å². The maximum absolute atomic E-state index is 5.92. The molecule has 5 nitrogen and oxygen atoms in total. The first-order chi connectivity index (χ1) is 9.79. The zero-order valence-electron chi connectivity index (χ0n) is 11.0. The Morgan fingerprint density at radius 3 is 2.70 bits per heavy atom. The molecule has 1 saturated carbocycles. The number of nitrogens with zero attached hydrogens (tertiary/aromatic N) is 2. The van der Waals surface area contributed by atoms with Crippen LogP contribution < -0.4 is 15.2 Å². The van der Waals surface area contributed by atoms with Crippen LogP contribution in [0, 0.1) is 0 Å². The molecule has 1 aliphatic carbocycles. The van der Waals surface area contributed by atoms with E-state index in [0.29, 0.717) is 24.2 Å². The van der Waals surface area contributed by atoms with Crippen LogP contribution in [0.25, 0.3) is 0 Å². The lowest BCUT2D eigenvalue weighted by Gasteiger charge is -2.25. The molecule has 0 amide bonds. The van der Waals surface area contributed by atoms with Crippen molar-refractivity contribution in [3.8, 4) is 11.5 Å². The summed E-state index contributed by atoms with van der Waals surface area (Å²) in [4.78, 5) is 8.90. The fourth-order valence-corrected chi connectivity index (χ4v) is 2.38. The topological polar surface area (TPSA) is 70.3 Å². The van der Waals surface area contributed by atoms with Crippen LogP contribution in [0.1, 0.15) is 36.4 Å². The lowest BCUT2D eigenvalue weighted by atomic mass is 10.2. The zero-order valence-corrected chi connectivity index (χ0v) is 11.0. The minimum Gasteiger partial charge on any atom is -0.485 e. The average Bonchev–Trinajstić information content (AvgIpc) is 3.31. The third-order valence-electron chi connectivity index (χ3n) is 3.58. The quantitative estimate of drug-likeness (QED) is 0.906. The Kier molecular flexibility index (Phi) is 2.52. The van der Waals surface area contributed by atoms with E-state index in [1.54, 1.807) is 0 Å². The van der Waals surface area contributed by atoms with Crippen molar-refractivity contribution in [2.75, 3.05) is 12.3 Å². The maximum atomic E-state index is 5.92. The molecule has 5 heteroatoms. The minimum atomic E-state index is -0.300. The second-order valence-electron chi connectivity index (χ2n) is 5.21. The predicted molar refractivity (Wildman–Crippen MR) is 73.7 cm³/mol. The number of aromatic nitrogens is 2. The third-order valence-corrected chi connectivity index (χ3v) is 3.58. The predicted octanol–water partition coefficient (Wildman–Crippen LogP) is 2.45. The molecule has 1 atom stereocenters. The van der Waals surface area contributed by atoms with Crippen molar-refractivity contribution >= 4 is 5.82 Å². The van der Waals surface area contributed by atoms with Gasteiger partial charge in [0.05, 0.1) is 0 Å². The molecule has 2 heterocycles. The van der Waals surface area contributed by atoms with Gasteiger partial charge in [0.1, 0.15) is 12.4 Å². The van der Waals surface area contributed by atoms with Crippen molar-refractivity contribution in [3.05, 3.63) is 41.9 Å². The van der Waals surface area contributed by atoms with Gasteiger partial charge in [-0.1, -0.05) is 12.1 Å². The van der Waals surface area contributed by atoms with E-state index in [2.05, 4.69) is 9.97 Å². The van der Waals surface area contributed by atoms with E-state index in [9.17, 15) is 0 Å². The lowest BCUT2D eigenvalue weighted by molar-refractivity contribution is 0.0850. The largest absolute Gasteiger partial charge is 0.485 e. The fraction of sp³-hybridized carbons (Fsp3) is 0.333. The number of fused-ring (bicyclic) bond motifs is 1. The van der Waals surface area contributed by atoms with Crippen LogP contribution >= 0.6 is 0 Å². The Bertz CT molecular complexity index is 655. The fourth-order valence-electron chi connectivity index (χ4n) is 2.38. The molecule has 1 aliphatic heterocycles. The number of para-hydroxylation sites is 2. The summed E-state index contributed by atoms with van der Waals surface area (Å²) in [7, 11) is 0. The molecule has 2 N–H and O–H groups in total. The highest BCUT2D eigenvalue weighted by atomic mass is 16.6. The highest BCUT2D eigenvalue weighted by Gasteiger charge is 2.29. The summed E-state index contributed by atoms with van der Waals surface area (Å²) >= 11 is 0. The van der Waals surface area contributed by atoms with Gasteiger partial charge in [-0.15, -0.1) is 0 Å². The van der Waals surface area contributed by atoms with Gasteiger partial charge in [0.25, 0.3) is 0 Å². The van der Waals surface area contributed by atoms with E-state index in [-0.39, 0.29) is 6.10 Å². The van der Waals surface area contributed by atoms with Gasteiger partial charge < -0.3 is 15.2 Å². The van der Waals surface area contributed by atoms with Crippen LogP contribution in [0.2, 0.25) is 0 Å². The van der Waals surface area contributed by atoms with Gasteiger partial charge in [-0.3, -0.25) is 0 Å². The summed E-state index contributed by atoms with van der Waals surface area (Å²) in [5.41, 5.74) is 6.90. The van der Waals surface area contributed by atoms with E-state index in [1.165, 1.54) is 12.8 Å². The Morgan fingerprint density at radius 1 is 1.10 bits per heavy atom. The number of hydrogen-bond acceptors (Lipinski definition) is 5. The van der Waals surface area contributed by atoms with Crippen LogP contribution in [-0.4, -0.2) is 16.6 Å². The molecule has 4 rings (SSSR count). The summed E-state index contributed by atoms with van der Waals surface area (Å²) in [5, 5.41) is 0. The van der Waals surface area contributed by atoms with E-state index >= 15 is 0 Å². The van der Waals surface area contributed by atoms with Crippen molar-refractivity contribution in [2.45, 2.75) is 24.9 Å². The number of anilines is 1. The lowest BCUT2D eigenvalue weighted by Crippen LogP contribution is -2.24. The third kappa shape index (κ3) is 2.05. The highest BCUT2D eigenvalue weighted by Crippen LogP contribution is 2.40. The molecule has 1 fully saturated rings. The molecular weight excluding hydrogens is 254 g/mol. The van der Waals surface area contributed by atoms with Gasteiger partial charge in [0, 0.05) is 17.7 Å². The van der Waals surface area contributed by atoms with Crippen molar-refractivity contribution in [1.29, 1.82) is 0 Å². The van der Waals surface area contributed by atoms with Crippen LogP contribution in [0.5, 0.6) is 11.5 Å². The Morgan fingerprint density at radius 2 is 1.90 bits per heavy atom. The van der Waals surface area contributed by atoms with Crippen molar-refractivity contribution in [1.82, 2.24) is 9.97 Å². The van der Waals surface area contributed by atoms with E-state index in [4.69, 9.17) is 15.2 Å². The van der Waals surface area contributed by atoms with Crippen molar-refractivity contribution in [3.63, 3.8) is 0 Å². The molecule has 2 aliphatic rings. The van der Waals surface area contributed by atoms with Gasteiger partial charge in [0.15, 0.2) is 23.4 Å². The normalized spacial score (nSPS) is 20.7. The molecule has 0 radical (unpaired) electrons. The zero-order chi connectivity index (χ0) is 13.5. The summed E-state index contributed by atoms with van der Waals surface area (Å²) < 4.78 is 11.6. The minimum absolute atomic E-state index is 0.300. The second-order valence-corrected chi connectivity index (χ2v) is 5.21. The van der Waals surface area contributed by atoms with Gasteiger partial charge in [0.2, 0.25) is 0 Å².